The average molecular weight is 457 g/mol. The molecule has 0 aromatic heterocycles. The molecule has 2 aliphatic heterocycles. The van der Waals surface area contributed by atoms with Crippen molar-refractivity contribution in [3.8, 4) is 0 Å². The maximum absolute atomic E-state index is 12.4. The predicted molar refractivity (Wildman–Crippen MR) is 131 cm³/mol. The summed E-state index contributed by atoms with van der Waals surface area (Å²) in [6.07, 6.45) is 10.0. The number of nitrogens with zero attached hydrogens (tertiary/aromatic N) is 1. The van der Waals surface area contributed by atoms with Crippen LogP contribution in [0.3, 0.4) is 0 Å². The summed E-state index contributed by atoms with van der Waals surface area (Å²) >= 11 is 0. The van der Waals surface area contributed by atoms with E-state index in [4.69, 9.17) is 10.5 Å². The largest absolute Gasteiger partial charge is 0.464 e. The first kappa shape index (κ1) is 25.4. The second kappa shape index (κ2) is 12.3. The van der Waals surface area contributed by atoms with Gasteiger partial charge >= 0.3 is 5.97 Å². The predicted octanol–water partition coefficient (Wildman–Crippen LogP) is 2.77. The molecule has 1 aromatic carbocycles. The molecule has 0 radical (unpaired) electrons. The van der Waals surface area contributed by atoms with E-state index in [1.54, 1.807) is 12.1 Å². The highest BCUT2D eigenvalue weighted by atomic mass is 16.5. The third-order valence-electron chi connectivity index (χ3n) is 6.56. The molecule has 33 heavy (non-hydrogen) atoms. The number of benzene rings is 1. The molecule has 4 N–H and O–H groups in total. The molecule has 0 aliphatic carbocycles. The van der Waals surface area contributed by atoms with Gasteiger partial charge in [0.15, 0.2) is 0 Å². The van der Waals surface area contributed by atoms with Crippen LogP contribution in [-0.4, -0.2) is 61.3 Å². The first-order valence-electron chi connectivity index (χ1n) is 12.4. The molecule has 2 saturated heterocycles. The van der Waals surface area contributed by atoms with Gasteiger partial charge in [0.2, 0.25) is 0 Å². The third kappa shape index (κ3) is 7.13. The lowest BCUT2D eigenvalue weighted by Gasteiger charge is -2.47. The minimum absolute atomic E-state index is 0.0438. The Morgan fingerprint density at radius 1 is 1.24 bits per heavy atom. The van der Waals surface area contributed by atoms with Gasteiger partial charge in [-0.3, -0.25) is 14.5 Å². The number of piperidine rings is 2. The molecular formula is C26H40N4O3. The average Bonchev–Trinajstić information content (AvgIpc) is 2.84. The summed E-state index contributed by atoms with van der Waals surface area (Å²) < 4.78 is 5.11. The van der Waals surface area contributed by atoms with Crippen LogP contribution in [0.1, 0.15) is 62.4 Å². The number of hydrogen-bond acceptors (Lipinski definition) is 6. The van der Waals surface area contributed by atoms with Gasteiger partial charge in [0.25, 0.3) is 5.91 Å². The number of hydrogen-bond donors (Lipinski definition) is 3. The number of carbonyl (C=O) groups is 2. The van der Waals surface area contributed by atoms with Crippen molar-refractivity contribution in [1.82, 2.24) is 15.5 Å². The van der Waals surface area contributed by atoms with Crippen LogP contribution in [0.15, 0.2) is 30.3 Å². The Kier molecular flexibility index (Phi) is 9.47. The highest BCUT2D eigenvalue weighted by Crippen LogP contribution is 2.32. The van der Waals surface area contributed by atoms with Crippen LogP contribution in [0.25, 0.3) is 6.08 Å². The topological polar surface area (TPSA) is 96.7 Å². The molecule has 2 aliphatic rings. The number of ether oxygens (including phenoxy) is 1. The molecule has 7 nitrogen and oxygen atoms in total. The lowest BCUT2D eigenvalue weighted by atomic mass is 9.84. The van der Waals surface area contributed by atoms with Crippen LogP contribution in [0, 0.1) is 11.8 Å². The van der Waals surface area contributed by atoms with Crippen molar-refractivity contribution in [2.45, 2.75) is 64.7 Å². The third-order valence-corrected chi connectivity index (χ3v) is 6.56. The number of rotatable bonds is 9. The molecule has 0 bridgehead atoms. The Morgan fingerprint density at radius 2 is 2.00 bits per heavy atom. The molecule has 3 rings (SSSR count). The Bertz CT molecular complexity index is 808. The molecule has 2 fully saturated rings. The molecule has 0 saturated carbocycles. The van der Waals surface area contributed by atoms with E-state index < -0.39 is 12.0 Å². The van der Waals surface area contributed by atoms with E-state index in [-0.39, 0.29) is 18.4 Å². The summed E-state index contributed by atoms with van der Waals surface area (Å²) in [6, 6.07) is 7.06. The molecular weight excluding hydrogens is 416 g/mol. The van der Waals surface area contributed by atoms with E-state index in [0.29, 0.717) is 24.4 Å². The molecule has 1 aromatic rings. The van der Waals surface area contributed by atoms with Gasteiger partial charge in [0, 0.05) is 18.2 Å². The fourth-order valence-electron chi connectivity index (χ4n) is 4.74. The van der Waals surface area contributed by atoms with Crippen LogP contribution in [0.2, 0.25) is 0 Å². The van der Waals surface area contributed by atoms with E-state index in [2.05, 4.69) is 34.6 Å². The molecule has 3 unspecified atom stereocenters. The van der Waals surface area contributed by atoms with Gasteiger partial charge in [-0.05, 0) is 68.3 Å². The molecule has 182 valence electrons. The minimum Gasteiger partial charge on any atom is -0.464 e. The highest BCUT2D eigenvalue weighted by Gasteiger charge is 2.36. The Morgan fingerprint density at radius 3 is 2.70 bits per heavy atom. The number of likely N-dealkylation sites (N-methyl/N-ethyl adjacent to an activating group) is 1. The summed E-state index contributed by atoms with van der Waals surface area (Å²) in [5.74, 6) is 0.262. The van der Waals surface area contributed by atoms with Crippen molar-refractivity contribution < 1.29 is 14.3 Å². The Hall–Kier alpha value is -2.22. The van der Waals surface area contributed by atoms with E-state index in [1.165, 1.54) is 25.7 Å². The highest BCUT2D eigenvalue weighted by molar-refractivity contribution is 5.94. The zero-order chi connectivity index (χ0) is 23.8. The van der Waals surface area contributed by atoms with Crippen LogP contribution in [0.4, 0.5) is 0 Å². The minimum atomic E-state index is -0.870. The molecule has 0 spiro atoms. The van der Waals surface area contributed by atoms with Crippen molar-refractivity contribution in [1.29, 1.82) is 0 Å². The standard InChI is InChI=1S/C26H40N4O3/c1-4-30-22(14-12-20-6-5-15-28-24(20)30)13-9-19-7-10-21(11-8-19)25(31)29-16-23(27)26(32)33-17-18(2)3/h7-11,13,18,20,22-24,28H,4-6,12,14-17,27H2,1-3H3,(H,29,31)/b13-9+/t20?,22?,23-,24?/m0/s1. The number of amides is 1. The van der Waals surface area contributed by atoms with Crippen LogP contribution in [0.5, 0.6) is 0 Å². The first-order chi connectivity index (χ1) is 15.9. The van der Waals surface area contributed by atoms with Crippen LogP contribution in [-0.2, 0) is 9.53 Å². The number of nitrogens with one attached hydrogen (secondary N) is 2. The first-order valence-corrected chi connectivity index (χ1v) is 12.4. The van der Waals surface area contributed by atoms with Crippen molar-refractivity contribution in [3.05, 3.63) is 41.5 Å². The molecule has 7 heteroatoms. The lowest BCUT2D eigenvalue weighted by molar-refractivity contribution is -0.146. The number of nitrogens with two attached hydrogens (primary N) is 1. The Balaban J connectivity index is 1.50. The molecule has 1 amide bonds. The second-order valence-electron chi connectivity index (χ2n) is 9.60. The SMILES string of the molecule is CCN1C(/C=C/c2ccc(C(=O)NC[C@H](N)C(=O)OCC(C)C)cc2)CCC2CCCNC21. The number of likely N-dealkylation sites (tertiary alicyclic amines) is 1. The van der Waals surface area contributed by atoms with E-state index in [0.717, 1.165) is 24.6 Å². The van der Waals surface area contributed by atoms with Gasteiger partial charge in [-0.1, -0.05) is 45.1 Å². The maximum atomic E-state index is 12.4. The van der Waals surface area contributed by atoms with Crippen LogP contribution >= 0.6 is 0 Å². The summed E-state index contributed by atoms with van der Waals surface area (Å²) in [5.41, 5.74) is 7.43. The van der Waals surface area contributed by atoms with Gasteiger partial charge in [-0.25, -0.2) is 0 Å². The van der Waals surface area contributed by atoms with Crippen LogP contribution < -0.4 is 16.4 Å². The number of fused-ring (bicyclic) bond motifs is 1. The Labute approximate surface area is 198 Å². The maximum Gasteiger partial charge on any atom is 0.324 e. The summed E-state index contributed by atoms with van der Waals surface area (Å²) in [5, 5.41) is 6.43. The fraction of sp³-hybridized carbons (Fsp3) is 0.615. The van der Waals surface area contributed by atoms with Gasteiger partial charge in [0.1, 0.15) is 6.04 Å². The summed E-state index contributed by atoms with van der Waals surface area (Å²) in [4.78, 5) is 26.9. The van der Waals surface area contributed by atoms with Gasteiger partial charge in [-0.2, -0.15) is 0 Å². The van der Waals surface area contributed by atoms with Crippen molar-refractivity contribution in [2.24, 2.45) is 17.6 Å². The number of carbonyl (C=O) groups excluding carboxylic acids is 2. The smallest absolute Gasteiger partial charge is 0.324 e. The van der Waals surface area contributed by atoms with E-state index in [9.17, 15) is 9.59 Å². The summed E-state index contributed by atoms with van der Waals surface area (Å²) in [6.45, 7) is 8.67. The van der Waals surface area contributed by atoms with E-state index in [1.807, 2.05) is 26.0 Å². The zero-order valence-electron chi connectivity index (χ0n) is 20.3. The number of esters is 1. The lowest BCUT2D eigenvalue weighted by Crippen LogP contribution is -2.59. The van der Waals surface area contributed by atoms with Crippen molar-refractivity contribution in [3.63, 3.8) is 0 Å². The quantitative estimate of drug-likeness (QED) is 0.495. The zero-order valence-corrected chi connectivity index (χ0v) is 20.3. The molecule has 4 atom stereocenters. The fourth-order valence-corrected chi connectivity index (χ4v) is 4.74. The second-order valence-corrected chi connectivity index (χ2v) is 9.60. The van der Waals surface area contributed by atoms with E-state index >= 15 is 0 Å². The summed E-state index contributed by atoms with van der Waals surface area (Å²) in [7, 11) is 0. The normalized spacial score (nSPS) is 24.5. The molecule has 2 heterocycles. The van der Waals surface area contributed by atoms with Crippen molar-refractivity contribution >= 4 is 18.0 Å². The van der Waals surface area contributed by atoms with Gasteiger partial charge in [-0.15, -0.1) is 0 Å². The van der Waals surface area contributed by atoms with Gasteiger partial charge in [0.05, 0.1) is 12.8 Å². The van der Waals surface area contributed by atoms with Crippen molar-refractivity contribution in [2.75, 3.05) is 26.2 Å². The monoisotopic (exact) mass is 456 g/mol. The van der Waals surface area contributed by atoms with Gasteiger partial charge < -0.3 is 21.1 Å².